The molecule has 1 heterocycles. The van der Waals surface area contributed by atoms with Crippen LogP contribution in [0.4, 0.5) is 0 Å². The number of nitrogens with zero attached hydrogens (tertiary/aromatic N) is 1. The van der Waals surface area contributed by atoms with Gasteiger partial charge in [0.15, 0.2) is 0 Å². The normalized spacial score (nSPS) is 10.3. The Kier molecular flexibility index (Phi) is 3.69. The van der Waals surface area contributed by atoms with Crippen LogP contribution in [0, 0.1) is 0 Å². The van der Waals surface area contributed by atoms with Crippen molar-refractivity contribution in [3.8, 4) is 0 Å². The largest absolute Gasteiger partial charge is 0.381 e. The van der Waals surface area contributed by atoms with Crippen LogP contribution < -0.4 is 0 Å². The second-order valence-corrected chi connectivity index (χ2v) is 2.44. The highest BCUT2D eigenvalue weighted by molar-refractivity contribution is 4.96. The zero-order valence-electron chi connectivity index (χ0n) is 6.84. The minimum atomic E-state index is 0.788. The average Bonchev–Trinajstić information content (AvgIpc) is 2.50. The van der Waals surface area contributed by atoms with Crippen LogP contribution in [0.2, 0.25) is 0 Å². The first-order valence-electron chi connectivity index (χ1n) is 3.99. The van der Waals surface area contributed by atoms with Crippen LogP contribution in [0.3, 0.4) is 0 Å². The lowest BCUT2D eigenvalue weighted by molar-refractivity contribution is 0.137. The third-order valence-corrected chi connectivity index (χ3v) is 1.42. The number of ether oxygens (including phenoxy) is 1. The molecule has 0 aliphatic rings. The fraction of sp³-hybridized carbons (Fsp3) is 0.625. The van der Waals surface area contributed by atoms with Crippen LogP contribution >= 0.6 is 0 Å². The number of aromatic amines is 1. The van der Waals surface area contributed by atoms with E-state index in [1.165, 1.54) is 0 Å². The first-order valence-corrected chi connectivity index (χ1v) is 3.99. The molecule has 11 heavy (non-hydrogen) atoms. The number of H-pyrrole nitrogens is 1. The van der Waals surface area contributed by atoms with Crippen molar-refractivity contribution >= 4 is 0 Å². The lowest BCUT2D eigenvalue weighted by Crippen LogP contribution is -1.99. The standard InChI is InChI=1S/C8H14N2O/c1-2-6-11-7-4-8-3-5-9-10-8/h3,5H,2,4,6-7H2,1H3,(H,9,10). The highest BCUT2D eigenvalue weighted by Crippen LogP contribution is 1.93. The van der Waals surface area contributed by atoms with Gasteiger partial charge in [0.25, 0.3) is 0 Å². The summed E-state index contributed by atoms with van der Waals surface area (Å²) in [6.45, 7) is 3.75. The van der Waals surface area contributed by atoms with Crippen LogP contribution in [0.15, 0.2) is 12.3 Å². The van der Waals surface area contributed by atoms with Crippen molar-refractivity contribution in [2.75, 3.05) is 13.2 Å². The Morgan fingerprint density at radius 1 is 1.55 bits per heavy atom. The topological polar surface area (TPSA) is 37.9 Å². The molecule has 62 valence electrons. The lowest BCUT2D eigenvalue weighted by atomic mass is 10.3. The van der Waals surface area contributed by atoms with Crippen LogP contribution in [-0.4, -0.2) is 23.4 Å². The zero-order chi connectivity index (χ0) is 7.94. The third kappa shape index (κ3) is 3.18. The summed E-state index contributed by atoms with van der Waals surface area (Å²) in [6.07, 6.45) is 3.78. The molecule has 0 radical (unpaired) electrons. The number of rotatable bonds is 5. The summed E-state index contributed by atoms with van der Waals surface area (Å²) < 4.78 is 5.31. The van der Waals surface area contributed by atoms with Gasteiger partial charge in [-0.15, -0.1) is 0 Å². The highest BCUT2D eigenvalue weighted by atomic mass is 16.5. The van der Waals surface area contributed by atoms with Crippen molar-refractivity contribution in [3.63, 3.8) is 0 Å². The molecule has 3 heteroatoms. The summed E-state index contributed by atoms with van der Waals surface area (Å²) in [7, 11) is 0. The Morgan fingerprint density at radius 3 is 3.09 bits per heavy atom. The Balaban J connectivity index is 2.04. The van der Waals surface area contributed by atoms with Gasteiger partial charge in [-0.3, -0.25) is 5.10 Å². The van der Waals surface area contributed by atoms with Crippen LogP contribution in [0.25, 0.3) is 0 Å². The van der Waals surface area contributed by atoms with Crippen molar-refractivity contribution < 1.29 is 4.74 Å². The molecule has 0 amide bonds. The summed E-state index contributed by atoms with van der Waals surface area (Å²) in [4.78, 5) is 0. The molecule has 0 aliphatic heterocycles. The van der Waals surface area contributed by atoms with E-state index >= 15 is 0 Å². The van der Waals surface area contributed by atoms with Gasteiger partial charge in [0.1, 0.15) is 0 Å². The van der Waals surface area contributed by atoms with E-state index < -0.39 is 0 Å². The molecule has 0 saturated carbocycles. The van der Waals surface area contributed by atoms with E-state index in [9.17, 15) is 0 Å². The molecular weight excluding hydrogens is 140 g/mol. The average molecular weight is 154 g/mol. The smallest absolute Gasteiger partial charge is 0.0521 e. The van der Waals surface area contributed by atoms with E-state index in [-0.39, 0.29) is 0 Å². The molecule has 1 aromatic heterocycles. The second-order valence-electron chi connectivity index (χ2n) is 2.44. The van der Waals surface area contributed by atoms with E-state index in [0.29, 0.717) is 0 Å². The summed E-state index contributed by atoms with van der Waals surface area (Å²) >= 11 is 0. The van der Waals surface area contributed by atoms with Gasteiger partial charge in [-0.1, -0.05) is 6.92 Å². The maximum absolute atomic E-state index is 5.31. The van der Waals surface area contributed by atoms with Gasteiger partial charge in [0.2, 0.25) is 0 Å². The first kappa shape index (κ1) is 8.27. The molecule has 0 aromatic carbocycles. The van der Waals surface area contributed by atoms with Gasteiger partial charge in [-0.05, 0) is 12.5 Å². The van der Waals surface area contributed by atoms with Gasteiger partial charge >= 0.3 is 0 Å². The summed E-state index contributed by atoms with van der Waals surface area (Å²) in [6, 6.07) is 1.97. The summed E-state index contributed by atoms with van der Waals surface area (Å²) in [5.41, 5.74) is 1.14. The monoisotopic (exact) mass is 154 g/mol. The van der Waals surface area contributed by atoms with Gasteiger partial charge in [-0.25, -0.2) is 0 Å². The molecule has 1 N–H and O–H groups in total. The van der Waals surface area contributed by atoms with Crippen LogP contribution in [-0.2, 0) is 11.2 Å². The number of nitrogens with one attached hydrogen (secondary N) is 1. The zero-order valence-corrected chi connectivity index (χ0v) is 6.84. The van der Waals surface area contributed by atoms with E-state index in [2.05, 4.69) is 17.1 Å². The van der Waals surface area contributed by atoms with Crippen molar-refractivity contribution in [2.45, 2.75) is 19.8 Å². The molecule has 0 aliphatic carbocycles. The molecule has 0 unspecified atom stereocenters. The summed E-state index contributed by atoms with van der Waals surface area (Å²) in [5, 5.41) is 6.72. The quantitative estimate of drug-likeness (QED) is 0.650. The van der Waals surface area contributed by atoms with Gasteiger partial charge in [0, 0.05) is 24.9 Å². The molecule has 0 spiro atoms. The fourth-order valence-electron chi connectivity index (χ4n) is 0.852. The molecule has 0 atom stereocenters. The van der Waals surface area contributed by atoms with Gasteiger partial charge in [0.05, 0.1) is 6.61 Å². The van der Waals surface area contributed by atoms with E-state index in [4.69, 9.17) is 4.74 Å². The molecule has 3 nitrogen and oxygen atoms in total. The van der Waals surface area contributed by atoms with E-state index in [1.807, 2.05) is 6.07 Å². The molecule has 0 bridgehead atoms. The molecular formula is C8H14N2O. The van der Waals surface area contributed by atoms with Gasteiger partial charge < -0.3 is 4.74 Å². The molecule has 0 saturated heterocycles. The maximum Gasteiger partial charge on any atom is 0.0521 e. The molecule has 1 rings (SSSR count). The predicted octanol–water partition coefficient (Wildman–Crippen LogP) is 1.38. The number of hydrogen-bond donors (Lipinski definition) is 1. The number of aromatic nitrogens is 2. The fourth-order valence-corrected chi connectivity index (χ4v) is 0.852. The highest BCUT2D eigenvalue weighted by Gasteiger charge is 1.92. The molecule has 0 fully saturated rings. The molecule has 1 aromatic rings. The van der Waals surface area contributed by atoms with Crippen LogP contribution in [0.5, 0.6) is 0 Å². The minimum Gasteiger partial charge on any atom is -0.381 e. The maximum atomic E-state index is 5.31. The lowest BCUT2D eigenvalue weighted by Gasteiger charge is -1.99. The second kappa shape index (κ2) is 4.91. The van der Waals surface area contributed by atoms with Crippen molar-refractivity contribution in [2.24, 2.45) is 0 Å². The number of hydrogen-bond acceptors (Lipinski definition) is 2. The SMILES string of the molecule is CCCOCCc1ccn[nH]1. The Bertz CT molecular complexity index is 172. The van der Waals surface area contributed by atoms with Gasteiger partial charge in [-0.2, -0.15) is 5.10 Å². The summed E-state index contributed by atoms with van der Waals surface area (Å²) in [5.74, 6) is 0. The van der Waals surface area contributed by atoms with Crippen molar-refractivity contribution in [1.29, 1.82) is 0 Å². The van der Waals surface area contributed by atoms with Crippen molar-refractivity contribution in [1.82, 2.24) is 10.2 Å². The first-order chi connectivity index (χ1) is 5.43. The third-order valence-electron chi connectivity index (χ3n) is 1.42. The van der Waals surface area contributed by atoms with Crippen molar-refractivity contribution in [3.05, 3.63) is 18.0 Å². The van der Waals surface area contributed by atoms with Crippen LogP contribution in [0.1, 0.15) is 19.0 Å². The van der Waals surface area contributed by atoms with E-state index in [1.54, 1.807) is 6.20 Å². The Hall–Kier alpha value is -0.830. The Labute approximate surface area is 66.8 Å². The Morgan fingerprint density at radius 2 is 2.45 bits per heavy atom. The predicted molar refractivity (Wildman–Crippen MR) is 43.4 cm³/mol. The van der Waals surface area contributed by atoms with E-state index in [0.717, 1.165) is 31.7 Å². The minimum absolute atomic E-state index is 0.788.